The minimum atomic E-state index is -0.469. The Bertz CT molecular complexity index is 311. The maximum atomic E-state index is 6.05. The normalized spacial score (nSPS) is 17.3. The summed E-state index contributed by atoms with van der Waals surface area (Å²) >= 11 is 0. The summed E-state index contributed by atoms with van der Waals surface area (Å²) in [5.41, 5.74) is 11.9. The Morgan fingerprint density at radius 2 is 1.72 bits per heavy atom. The Morgan fingerprint density at radius 3 is 2.28 bits per heavy atom. The van der Waals surface area contributed by atoms with Crippen molar-refractivity contribution in [3.05, 3.63) is 0 Å². The molecule has 25 heavy (non-hydrogen) atoms. The van der Waals surface area contributed by atoms with Gasteiger partial charge in [0.15, 0.2) is 0 Å². The van der Waals surface area contributed by atoms with Crippen molar-refractivity contribution in [2.45, 2.75) is 111 Å². The van der Waals surface area contributed by atoms with Gasteiger partial charge < -0.3 is 26.3 Å². The van der Waals surface area contributed by atoms with Crippen LogP contribution in [0.2, 0.25) is 0 Å². The molecule has 0 amide bonds. The molecule has 0 radical (unpaired) electrons. The van der Waals surface area contributed by atoms with Gasteiger partial charge in [-0.25, -0.2) is 0 Å². The number of ether oxygens (including phenoxy) is 2. The molecule has 0 aromatic carbocycles. The van der Waals surface area contributed by atoms with E-state index in [1.165, 1.54) is 25.7 Å². The van der Waals surface area contributed by atoms with E-state index in [2.05, 4.69) is 39.9 Å². The molecule has 0 aromatic heterocycles. The molecule has 0 aliphatic rings. The zero-order valence-electron chi connectivity index (χ0n) is 17.6. The highest BCUT2D eigenvalue weighted by molar-refractivity contribution is 4.74. The molecule has 0 spiro atoms. The summed E-state index contributed by atoms with van der Waals surface area (Å²) in [7, 11) is 0. The van der Waals surface area contributed by atoms with Crippen LogP contribution in [0.25, 0.3) is 0 Å². The van der Waals surface area contributed by atoms with Gasteiger partial charge in [0.2, 0.25) is 0 Å². The van der Waals surface area contributed by atoms with Crippen molar-refractivity contribution in [3.63, 3.8) is 0 Å². The maximum absolute atomic E-state index is 6.05. The fourth-order valence-corrected chi connectivity index (χ4v) is 2.80. The molecule has 0 bridgehead atoms. The van der Waals surface area contributed by atoms with Gasteiger partial charge in [0.1, 0.15) is 12.5 Å². The van der Waals surface area contributed by atoms with E-state index in [-0.39, 0.29) is 12.3 Å². The van der Waals surface area contributed by atoms with Gasteiger partial charge in [-0.1, -0.05) is 47.0 Å². The number of rotatable bonds is 16. The summed E-state index contributed by atoms with van der Waals surface area (Å²) < 4.78 is 11.4. The first-order valence-corrected chi connectivity index (χ1v) is 10.2. The van der Waals surface area contributed by atoms with Crippen molar-refractivity contribution in [3.8, 4) is 0 Å². The average Bonchev–Trinajstić information content (AvgIpc) is 2.53. The van der Waals surface area contributed by atoms with E-state index >= 15 is 0 Å². The third-order valence-electron chi connectivity index (χ3n) is 4.79. The van der Waals surface area contributed by atoms with E-state index in [1.807, 2.05) is 0 Å². The van der Waals surface area contributed by atoms with Crippen LogP contribution in [0.15, 0.2) is 0 Å². The highest BCUT2D eigenvalue weighted by Gasteiger charge is 2.21. The molecular formula is C20H45N3O2. The Labute approximate surface area is 156 Å². The highest BCUT2D eigenvalue weighted by Crippen LogP contribution is 2.30. The number of nitrogens with two attached hydrogens (primary N) is 2. The van der Waals surface area contributed by atoms with Crippen molar-refractivity contribution >= 4 is 0 Å². The molecule has 0 aliphatic heterocycles. The summed E-state index contributed by atoms with van der Waals surface area (Å²) in [4.78, 5) is 0. The largest absolute Gasteiger partial charge is 0.373 e. The number of nitrogens with one attached hydrogen (secondary N) is 1. The van der Waals surface area contributed by atoms with E-state index in [1.54, 1.807) is 6.92 Å². The molecular weight excluding hydrogens is 314 g/mol. The van der Waals surface area contributed by atoms with Gasteiger partial charge in [0.25, 0.3) is 0 Å². The molecule has 0 aliphatic carbocycles. The maximum Gasteiger partial charge on any atom is 0.131 e. The van der Waals surface area contributed by atoms with Crippen LogP contribution >= 0.6 is 0 Å². The lowest BCUT2D eigenvalue weighted by Gasteiger charge is -2.29. The van der Waals surface area contributed by atoms with Crippen LogP contribution in [-0.2, 0) is 9.47 Å². The van der Waals surface area contributed by atoms with Crippen LogP contribution in [0.3, 0.4) is 0 Å². The third-order valence-corrected chi connectivity index (χ3v) is 4.79. The Hall–Kier alpha value is -0.200. The fraction of sp³-hybridized carbons (Fsp3) is 1.00. The van der Waals surface area contributed by atoms with E-state index in [0.717, 1.165) is 25.8 Å². The molecule has 5 nitrogen and oxygen atoms in total. The van der Waals surface area contributed by atoms with E-state index in [4.69, 9.17) is 20.9 Å². The highest BCUT2D eigenvalue weighted by atomic mass is 16.6. The number of hydrogen-bond donors (Lipinski definition) is 3. The predicted molar refractivity (Wildman–Crippen MR) is 107 cm³/mol. The number of unbranched alkanes of at least 4 members (excludes halogenated alkanes) is 2. The van der Waals surface area contributed by atoms with Gasteiger partial charge in [-0.05, 0) is 44.9 Å². The smallest absolute Gasteiger partial charge is 0.131 e. The summed E-state index contributed by atoms with van der Waals surface area (Å²) in [6.45, 7) is 14.4. The quantitative estimate of drug-likeness (QED) is 0.289. The van der Waals surface area contributed by atoms with Crippen LogP contribution in [0.1, 0.15) is 86.5 Å². The summed E-state index contributed by atoms with van der Waals surface area (Å²) in [6, 6.07) is 0.498. The lowest BCUT2D eigenvalue weighted by Crippen LogP contribution is -2.40. The molecule has 5 heteroatoms. The minimum Gasteiger partial charge on any atom is -0.373 e. The van der Waals surface area contributed by atoms with E-state index in [0.29, 0.717) is 18.1 Å². The van der Waals surface area contributed by atoms with Crippen molar-refractivity contribution in [1.29, 1.82) is 0 Å². The minimum absolute atomic E-state index is 0.155. The summed E-state index contributed by atoms with van der Waals surface area (Å²) in [5, 5.41) is 3.55. The van der Waals surface area contributed by atoms with Crippen molar-refractivity contribution in [2.75, 3.05) is 13.2 Å². The van der Waals surface area contributed by atoms with Gasteiger partial charge in [-0.15, -0.1) is 0 Å². The zero-order chi connectivity index (χ0) is 19.3. The van der Waals surface area contributed by atoms with Crippen LogP contribution < -0.4 is 16.8 Å². The second-order valence-corrected chi connectivity index (χ2v) is 8.21. The van der Waals surface area contributed by atoms with Gasteiger partial charge in [0, 0.05) is 12.6 Å². The van der Waals surface area contributed by atoms with Crippen LogP contribution in [0.5, 0.6) is 0 Å². The van der Waals surface area contributed by atoms with Gasteiger partial charge in [-0.2, -0.15) is 0 Å². The van der Waals surface area contributed by atoms with Crippen molar-refractivity contribution in [1.82, 2.24) is 5.32 Å². The summed E-state index contributed by atoms with van der Waals surface area (Å²) in [6.07, 6.45) is 7.81. The monoisotopic (exact) mass is 359 g/mol. The third kappa shape index (κ3) is 14.6. The van der Waals surface area contributed by atoms with Crippen LogP contribution in [0.4, 0.5) is 0 Å². The van der Waals surface area contributed by atoms with E-state index in [9.17, 15) is 0 Å². The zero-order valence-corrected chi connectivity index (χ0v) is 17.6. The topological polar surface area (TPSA) is 82.5 Å². The molecule has 0 saturated heterocycles. The first-order valence-electron chi connectivity index (χ1n) is 10.2. The molecule has 4 unspecified atom stereocenters. The molecule has 0 fully saturated rings. The number of hydrogen-bond acceptors (Lipinski definition) is 5. The first kappa shape index (κ1) is 24.8. The molecule has 0 saturated carbocycles. The Kier molecular flexibility index (Phi) is 13.8. The van der Waals surface area contributed by atoms with Crippen molar-refractivity contribution < 1.29 is 9.47 Å². The van der Waals surface area contributed by atoms with Crippen LogP contribution in [0, 0.1) is 5.41 Å². The average molecular weight is 360 g/mol. The second kappa shape index (κ2) is 13.9. The first-order chi connectivity index (χ1) is 11.7. The van der Waals surface area contributed by atoms with Gasteiger partial charge in [-0.3, -0.25) is 0 Å². The second-order valence-electron chi connectivity index (χ2n) is 8.21. The molecule has 4 atom stereocenters. The van der Waals surface area contributed by atoms with Crippen LogP contribution in [-0.4, -0.2) is 37.8 Å². The molecule has 0 aromatic rings. The van der Waals surface area contributed by atoms with Gasteiger partial charge >= 0.3 is 0 Å². The molecule has 152 valence electrons. The molecule has 0 heterocycles. The lowest BCUT2D eigenvalue weighted by atomic mass is 9.81. The molecule has 0 rings (SSSR count). The standard InChI is InChI=1S/C20H45N3O2/c1-7-9-10-12-20(5,6)13-11-18(14-23-16(3)8-2)24-15-19(22)25-17(4)21/h16-19,23H,7-15,21-22H2,1-6H3. The summed E-state index contributed by atoms with van der Waals surface area (Å²) in [5.74, 6) is 0. The van der Waals surface area contributed by atoms with E-state index < -0.39 is 6.23 Å². The lowest BCUT2D eigenvalue weighted by molar-refractivity contribution is -0.0686. The SMILES string of the molecule is CCCCCC(C)(C)CCC(CNC(C)CC)OCC(N)OC(C)N. The predicted octanol–water partition coefficient (Wildman–Crippen LogP) is 3.75. The Morgan fingerprint density at radius 1 is 1.04 bits per heavy atom. The molecule has 5 N–H and O–H groups in total. The fourth-order valence-electron chi connectivity index (χ4n) is 2.80. The Balaban J connectivity index is 4.41. The van der Waals surface area contributed by atoms with Gasteiger partial charge in [0.05, 0.1) is 12.7 Å². The van der Waals surface area contributed by atoms with Crippen molar-refractivity contribution in [2.24, 2.45) is 16.9 Å².